The zero-order chi connectivity index (χ0) is 10.1. The molecule has 3 aliphatic rings. The Morgan fingerprint density at radius 3 is 2.53 bits per heavy atom. The van der Waals surface area contributed by atoms with Crippen LogP contribution in [-0.2, 0) is 9.47 Å². The molecule has 2 aliphatic heterocycles. The van der Waals surface area contributed by atoms with E-state index in [1.807, 2.05) is 11.9 Å². The number of rotatable bonds is 1. The van der Waals surface area contributed by atoms with Crippen LogP contribution in [0.25, 0.3) is 0 Å². The van der Waals surface area contributed by atoms with Gasteiger partial charge < -0.3 is 13.8 Å². The van der Waals surface area contributed by atoms with Crippen molar-refractivity contribution in [3.63, 3.8) is 0 Å². The average Bonchev–Trinajstić information content (AvgIpc) is 2.91. The van der Waals surface area contributed by atoms with Crippen molar-refractivity contribution in [3.05, 3.63) is 12.3 Å². The predicted molar refractivity (Wildman–Crippen MR) is 60.3 cm³/mol. The summed E-state index contributed by atoms with van der Waals surface area (Å²) in [5, 5.41) is 0. The van der Waals surface area contributed by atoms with E-state index in [9.17, 15) is 0 Å². The van der Waals surface area contributed by atoms with Gasteiger partial charge in [0.1, 0.15) is 0 Å². The van der Waals surface area contributed by atoms with Crippen LogP contribution in [0.15, 0.2) is 12.3 Å². The van der Waals surface area contributed by atoms with E-state index in [1.54, 1.807) is 0 Å². The Morgan fingerprint density at radius 1 is 1.20 bits per heavy atom. The summed E-state index contributed by atoms with van der Waals surface area (Å²) in [7, 11) is 0. The van der Waals surface area contributed by atoms with Crippen molar-refractivity contribution in [2.45, 2.75) is 37.5 Å². The summed E-state index contributed by atoms with van der Waals surface area (Å²) in [5.74, 6) is 0.930. The van der Waals surface area contributed by atoms with E-state index in [0.29, 0.717) is 6.04 Å². The summed E-state index contributed by atoms with van der Waals surface area (Å²) < 4.78 is 13.9. The van der Waals surface area contributed by atoms with Crippen LogP contribution >= 0.6 is 11.9 Å². The molecular weight excluding hydrogens is 210 g/mol. The molecule has 1 saturated carbocycles. The Kier molecular flexibility index (Phi) is 2.66. The Morgan fingerprint density at radius 2 is 1.93 bits per heavy atom. The topological polar surface area (TPSA) is 21.7 Å². The second kappa shape index (κ2) is 4.00. The Bertz CT molecular complexity index is 253. The molecule has 2 heterocycles. The van der Waals surface area contributed by atoms with Gasteiger partial charge in [-0.1, -0.05) is 6.08 Å². The number of ether oxygens (including phenoxy) is 2. The molecule has 0 amide bonds. The van der Waals surface area contributed by atoms with Gasteiger partial charge in [-0.15, -0.1) is 0 Å². The van der Waals surface area contributed by atoms with Gasteiger partial charge in [0.2, 0.25) is 0 Å². The molecule has 1 saturated heterocycles. The molecule has 4 heteroatoms. The smallest absolute Gasteiger partial charge is 0.168 e. The SMILES string of the molecule is C1=CN(C2CCC3(CC2)OCCO3)SC1. The second-order valence-electron chi connectivity index (χ2n) is 4.38. The summed E-state index contributed by atoms with van der Waals surface area (Å²) in [5.41, 5.74) is 0. The number of hydrogen-bond acceptors (Lipinski definition) is 4. The van der Waals surface area contributed by atoms with Crippen molar-refractivity contribution in [3.8, 4) is 0 Å². The maximum Gasteiger partial charge on any atom is 0.168 e. The maximum absolute atomic E-state index is 5.73. The van der Waals surface area contributed by atoms with E-state index in [0.717, 1.165) is 31.8 Å². The Hall–Kier alpha value is -0.190. The molecule has 0 aromatic carbocycles. The molecule has 0 bridgehead atoms. The molecule has 1 spiro atoms. The van der Waals surface area contributed by atoms with Crippen molar-refractivity contribution >= 4 is 11.9 Å². The fraction of sp³-hybridized carbons (Fsp3) is 0.818. The standard InChI is InChI=1S/C11H17NO2S/c1-6-12(15-9-1)10-2-4-11(5-3-10)13-7-8-14-11/h1,6,10H,2-5,7-9H2. The average molecular weight is 227 g/mol. The Labute approximate surface area is 94.9 Å². The minimum Gasteiger partial charge on any atom is -0.348 e. The van der Waals surface area contributed by atoms with Crippen LogP contribution in [0.1, 0.15) is 25.7 Å². The first-order valence-electron chi connectivity index (χ1n) is 5.74. The van der Waals surface area contributed by atoms with Crippen LogP contribution in [0.4, 0.5) is 0 Å². The van der Waals surface area contributed by atoms with Crippen LogP contribution in [0.5, 0.6) is 0 Å². The van der Waals surface area contributed by atoms with E-state index in [2.05, 4.69) is 16.6 Å². The van der Waals surface area contributed by atoms with Crippen molar-refractivity contribution in [1.29, 1.82) is 0 Å². The van der Waals surface area contributed by atoms with Crippen LogP contribution in [0, 0.1) is 0 Å². The number of nitrogens with zero attached hydrogens (tertiary/aromatic N) is 1. The van der Waals surface area contributed by atoms with Gasteiger partial charge >= 0.3 is 0 Å². The highest BCUT2D eigenvalue weighted by Crippen LogP contribution is 2.39. The molecule has 0 aromatic rings. The lowest BCUT2D eigenvalue weighted by molar-refractivity contribution is -0.180. The lowest BCUT2D eigenvalue weighted by Crippen LogP contribution is -2.40. The molecule has 0 aromatic heterocycles. The molecule has 0 N–H and O–H groups in total. The second-order valence-corrected chi connectivity index (χ2v) is 5.39. The third kappa shape index (κ3) is 1.90. The van der Waals surface area contributed by atoms with Gasteiger partial charge in [-0.3, -0.25) is 0 Å². The Balaban J connectivity index is 1.58. The van der Waals surface area contributed by atoms with Gasteiger partial charge in [0, 0.05) is 30.8 Å². The molecule has 3 nitrogen and oxygen atoms in total. The summed E-state index contributed by atoms with van der Waals surface area (Å²) in [6.07, 6.45) is 8.96. The first-order chi connectivity index (χ1) is 7.38. The van der Waals surface area contributed by atoms with E-state index >= 15 is 0 Å². The van der Waals surface area contributed by atoms with E-state index in [-0.39, 0.29) is 5.79 Å². The predicted octanol–water partition coefficient (Wildman–Crippen LogP) is 2.15. The lowest BCUT2D eigenvalue weighted by Gasteiger charge is -2.38. The van der Waals surface area contributed by atoms with Crippen LogP contribution < -0.4 is 0 Å². The van der Waals surface area contributed by atoms with Crippen molar-refractivity contribution < 1.29 is 9.47 Å². The van der Waals surface area contributed by atoms with Gasteiger partial charge in [-0.05, 0) is 24.8 Å². The molecule has 84 valence electrons. The fourth-order valence-corrected chi connectivity index (χ4v) is 3.57. The quantitative estimate of drug-likeness (QED) is 0.640. The van der Waals surface area contributed by atoms with Crippen molar-refractivity contribution in [2.24, 2.45) is 0 Å². The molecule has 0 atom stereocenters. The highest BCUT2D eigenvalue weighted by molar-refractivity contribution is 7.97. The van der Waals surface area contributed by atoms with Gasteiger partial charge in [-0.25, -0.2) is 0 Å². The fourth-order valence-electron chi connectivity index (χ4n) is 2.63. The molecule has 0 radical (unpaired) electrons. The molecule has 0 unspecified atom stereocenters. The molecule has 3 rings (SSSR count). The first kappa shape index (κ1) is 10.00. The van der Waals surface area contributed by atoms with Crippen LogP contribution in [0.2, 0.25) is 0 Å². The van der Waals surface area contributed by atoms with E-state index < -0.39 is 0 Å². The van der Waals surface area contributed by atoms with Crippen LogP contribution in [-0.4, -0.2) is 35.1 Å². The third-order valence-electron chi connectivity index (χ3n) is 3.46. The van der Waals surface area contributed by atoms with Crippen LogP contribution in [0.3, 0.4) is 0 Å². The summed E-state index contributed by atoms with van der Waals surface area (Å²) in [4.78, 5) is 0. The van der Waals surface area contributed by atoms with E-state index in [4.69, 9.17) is 9.47 Å². The summed E-state index contributed by atoms with van der Waals surface area (Å²) in [6, 6.07) is 0.687. The summed E-state index contributed by atoms with van der Waals surface area (Å²) >= 11 is 1.92. The van der Waals surface area contributed by atoms with Gasteiger partial charge in [0.05, 0.1) is 13.2 Å². The largest absolute Gasteiger partial charge is 0.348 e. The maximum atomic E-state index is 5.73. The van der Waals surface area contributed by atoms with Crippen molar-refractivity contribution in [1.82, 2.24) is 4.31 Å². The molecular formula is C11H17NO2S. The zero-order valence-corrected chi connectivity index (χ0v) is 9.67. The monoisotopic (exact) mass is 227 g/mol. The van der Waals surface area contributed by atoms with Crippen molar-refractivity contribution in [2.75, 3.05) is 19.0 Å². The van der Waals surface area contributed by atoms with Gasteiger partial charge in [-0.2, -0.15) is 0 Å². The van der Waals surface area contributed by atoms with Gasteiger partial charge in [0.15, 0.2) is 5.79 Å². The third-order valence-corrected chi connectivity index (χ3v) is 4.52. The zero-order valence-electron chi connectivity index (χ0n) is 8.85. The highest BCUT2D eigenvalue weighted by Gasteiger charge is 2.41. The lowest BCUT2D eigenvalue weighted by atomic mass is 9.90. The van der Waals surface area contributed by atoms with E-state index in [1.165, 1.54) is 12.8 Å². The minimum atomic E-state index is -0.204. The summed E-state index contributed by atoms with van der Waals surface area (Å²) in [6.45, 7) is 1.56. The number of hydrogen-bond donors (Lipinski definition) is 0. The molecule has 15 heavy (non-hydrogen) atoms. The molecule has 2 fully saturated rings. The highest BCUT2D eigenvalue weighted by atomic mass is 32.2. The minimum absolute atomic E-state index is 0.204. The first-order valence-corrected chi connectivity index (χ1v) is 6.68. The normalized spacial score (nSPS) is 30.5. The van der Waals surface area contributed by atoms with Gasteiger partial charge in [0.25, 0.3) is 0 Å². The molecule has 1 aliphatic carbocycles.